The molecular weight excluding hydrogens is 451 g/mol. The van der Waals surface area contributed by atoms with Crippen molar-refractivity contribution >= 4 is 79.1 Å². The monoisotopic (exact) mass is 468 g/mol. The molecule has 0 saturated heterocycles. The molecule has 160 valence electrons. The van der Waals surface area contributed by atoms with Crippen LogP contribution in [0.25, 0.3) is 10.8 Å². The van der Waals surface area contributed by atoms with E-state index in [9.17, 15) is 22.6 Å². The van der Waals surface area contributed by atoms with Gasteiger partial charge in [0.25, 0.3) is 10.1 Å². The molecule has 0 amide bonds. The number of carbonyl (C=O) groups is 2. The van der Waals surface area contributed by atoms with Gasteiger partial charge in [0.05, 0.1) is 22.5 Å². The van der Waals surface area contributed by atoms with Crippen LogP contribution in [0.1, 0.15) is 31.8 Å². The maximum atomic E-state index is 13.3. The van der Waals surface area contributed by atoms with E-state index < -0.39 is 32.3 Å². The van der Waals surface area contributed by atoms with Crippen LogP contribution in [0.15, 0.2) is 77.7 Å². The van der Waals surface area contributed by atoms with E-state index in [-0.39, 0.29) is 57.5 Å². The standard InChI is InChI=1S/C24H16N2O5S.Na.H/c25-22-19(32(29,30)31)12-18(26-15-10-9-13-5-1-2-6-14(13)11-15)20-21(22)24(28)17-8-4-3-7-16(17)23(20)27;;/h1-12,26H,25H2,(H,29,30,31);;. The zero-order valence-corrected chi connectivity index (χ0v) is 17.3. The Bertz CT molecular complexity index is 1580. The van der Waals surface area contributed by atoms with Gasteiger partial charge in [0.15, 0.2) is 11.6 Å². The molecule has 4 aromatic rings. The first kappa shape index (κ1) is 23.2. The van der Waals surface area contributed by atoms with E-state index in [1.165, 1.54) is 12.1 Å². The molecule has 0 fully saturated rings. The van der Waals surface area contributed by atoms with E-state index >= 15 is 0 Å². The van der Waals surface area contributed by atoms with Gasteiger partial charge in [0.1, 0.15) is 4.90 Å². The van der Waals surface area contributed by atoms with Crippen molar-refractivity contribution in [3.8, 4) is 0 Å². The van der Waals surface area contributed by atoms with E-state index in [2.05, 4.69) is 5.32 Å². The van der Waals surface area contributed by atoms with Crippen LogP contribution in [-0.2, 0) is 10.1 Å². The number of ketones is 2. The molecule has 9 heteroatoms. The summed E-state index contributed by atoms with van der Waals surface area (Å²) in [6.07, 6.45) is 0. The van der Waals surface area contributed by atoms with E-state index in [0.29, 0.717) is 5.69 Å². The number of rotatable bonds is 3. The van der Waals surface area contributed by atoms with Crippen LogP contribution < -0.4 is 11.1 Å². The molecule has 0 saturated carbocycles. The van der Waals surface area contributed by atoms with Gasteiger partial charge in [0, 0.05) is 16.8 Å². The quantitative estimate of drug-likeness (QED) is 0.210. The topological polar surface area (TPSA) is 127 Å². The van der Waals surface area contributed by atoms with Crippen LogP contribution in [0.3, 0.4) is 0 Å². The third-order valence-corrected chi connectivity index (χ3v) is 6.40. The molecule has 7 nitrogen and oxygen atoms in total. The van der Waals surface area contributed by atoms with Crippen molar-refractivity contribution in [2.24, 2.45) is 0 Å². The predicted molar refractivity (Wildman–Crippen MR) is 128 cm³/mol. The van der Waals surface area contributed by atoms with Gasteiger partial charge in [-0.3, -0.25) is 14.1 Å². The van der Waals surface area contributed by atoms with Crippen LogP contribution in [0, 0.1) is 0 Å². The average Bonchev–Trinajstić information content (AvgIpc) is 2.77. The molecule has 0 radical (unpaired) electrons. The number of benzene rings is 4. The Morgan fingerprint density at radius 3 is 1.97 bits per heavy atom. The minimum atomic E-state index is -4.76. The molecule has 0 aromatic heterocycles. The zero-order valence-electron chi connectivity index (χ0n) is 16.5. The van der Waals surface area contributed by atoms with Crippen LogP contribution in [-0.4, -0.2) is 54.1 Å². The summed E-state index contributed by atoms with van der Waals surface area (Å²) < 4.78 is 33.7. The van der Waals surface area contributed by atoms with Crippen molar-refractivity contribution in [1.82, 2.24) is 0 Å². The van der Waals surface area contributed by atoms with Gasteiger partial charge in [-0.1, -0.05) is 54.6 Å². The third kappa shape index (κ3) is 3.86. The van der Waals surface area contributed by atoms with Gasteiger partial charge in [-0.05, 0) is 29.0 Å². The molecule has 0 heterocycles. The third-order valence-electron chi connectivity index (χ3n) is 5.51. The molecule has 4 N–H and O–H groups in total. The molecule has 0 aliphatic heterocycles. The Morgan fingerprint density at radius 1 is 0.758 bits per heavy atom. The van der Waals surface area contributed by atoms with Crippen LogP contribution in [0.4, 0.5) is 17.1 Å². The van der Waals surface area contributed by atoms with Crippen molar-refractivity contribution < 1.29 is 22.6 Å². The number of nitrogens with two attached hydrogens (primary N) is 1. The summed E-state index contributed by atoms with van der Waals surface area (Å²) in [5.74, 6) is -1.05. The fourth-order valence-corrected chi connectivity index (χ4v) is 4.68. The number of hydrogen-bond donors (Lipinski definition) is 3. The number of anilines is 3. The maximum absolute atomic E-state index is 13.3. The van der Waals surface area contributed by atoms with Crippen molar-refractivity contribution in [3.05, 3.63) is 95.1 Å². The second kappa shape index (κ2) is 8.40. The molecule has 5 rings (SSSR count). The van der Waals surface area contributed by atoms with Gasteiger partial charge in [0.2, 0.25) is 0 Å². The average molecular weight is 468 g/mol. The van der Waals surface area contributed by atoms with Crippen LogP contribution >= 0.6 is 0 Å². The van der Waals surface area contributed by atoms with Crippen LogP contribution in [0.5, 0.6) is 0 Å². The fraction of sp³-hybridized carbons (Fsp3) is 0. The number of carbonyl (C=O) groups excluding carboxylic acids is 2. The van der Waals surface area contributed by atoms with E-state index in [0.717, 1.165) is 16.8 Å². The number of fused-ring (bicyclic) bond motifs is 3. The Morgan fingerprint density at radius 2 is 1.33 bits per heavy atom. The molecule has 0 bridgehead atoms. The van der Waals surface area contributed by atoms with Gasteiger partial charge in [-0.15, -0.1) is 0 Å². The number of nitrogen functional groups attached to an aromatic ring is 1. The normalized spacial score (nSPS) is 12.6. The SMILES string of the molecule is Nc1c(S(=O)(=O)O)cc(Nc2ccc3ccccc3c2)c2c1C(=O)c1ccccc1C2=O.[NaH]. The van der Waals surface area contributed by atoms with Crippen molar-refractivity contribution in [1.29, 1.82) is 0 Å². The predicted octanol–water partition coefficient (Wildman–Crippen LogP) is 3.54. The first-order chi connectivity index (χ1) is 15.3. The molecule has 0 unspecified atom stereocenters. The summed E-state index contributed by atoms with van der Waals surface area (Å²) in [5.41, 5.74) is 6.21. The number of hydrogen-bond acceptors (Lipinski definition) is 6. The summed E-state index contributed by atoms with van der Waals surface area (Å²) in [4.78, 5) is 25.9. The molecule has 33 heavy (non-hydrogen) atoms. The van der Waals surface area contributed by atoms with Gasteiger partial charge < -0.3 is 11.1 Å². The minimum absolute atomic E-state index is 0. The Kier molecular flexibility index (Phi) is 5.90. The molecule has 1 aliphatic rings. The molecule has 0 atom stereocenters. The van der Waals surface area contributed by atoms with Crippen molar-refractivity contribution in [2.45, 2.75) is 4.90 Å². The van der Waals surface area contributed by atoms with Crippen molar-refractivity contribution in [3.63, 3.8) is 0 Å². The molecule has 4 aromatic carbocycles. The molecule has 1 aliphatic carbocycles. The second-order valence-corrected chi connectivity index (χ2v) is 8.84. The zero-order chi connectivity index (χ0) is 22.6. The van der Waals surface area contributed by atoms with E-state index in [4.69, 9.17) is 5.73 Å². The summed E-state index contributed by atoms with van der Waals surface area (Å²) in [5, 5.41) is 4.96. The first-order valence-electron chi connectivity index (χ1n) is 9.64. The summed E-state index contributed by atoms with van der Waals surface area (Å²) in [6.45, 7) is 0. The van der Waals surface area contributed by atoms with Gasteiger partial charge in [-0.25, -0.2) is 0 Å². The van der Waals surface area contributed by atoms with E-state index in [1.807, 2.05) is 36.4 Å². The van der Waals surface area contributed by atoms with Gasteiger partial charge >= 0.3 is 29.6 Å². The van der Waals surface area contributed by atoms with Crippen molar-refractivity contribution in [2.75, 3.05) is 11.1 Å². The van der Waals surface area contributed by atoms with E-state index in [1.54, 1.807) is 18.2 Å². The van der Waals surface area contributed by atoms with Crippen LogP contribution in [0.2, 0.25) is 0 Å². The van der Waals surface area contributed by atoms with Gasteiger partial charge in [-0.2, -0.15) is 8.42 Å². The fourth-order valence-electron chi connectivity index (χ4n) is 4.03. The molecule has 0 spiro atoms. The second-order valence-electron chi connectivity index (χ2n) is 7.45. The summed E-state index contributed by atoms with van der Waals surface area (Å²) in [6, 6.07) is 20.4. The summed E-state index contributed by atoms with van der Waals surface area (Å²) >= 11 is 0. The Labute approximate surface area is 211 Å². The Balaban J connectivity index is 0.00000259. The Hall–Kier alpha value is -3.01. The molecular formula is C24H17N2NaO5S. The summed E-state index contributed by atoms with van der Waals surface area (Å²) in [7, 11) is -4.76. The number of nitrogens with one attached hydrogen (secondary N) is 1. The first-order valence-corrected chi connectivity index (χ1v) is 11.1.